The molecule has 1 heterocycles. The van der Waals surface area contributed by atoms with Crippen LogP contribution in [0.3, 0.4) is 0 Å². The summed E-state index contributed by atoms with van der Waals surface area (Å²) in [4.78, 5) is 0. The van der Waals surface area contributed by atoms with E-state index in [2.05, 4.69) is 0 Å². The average molecular weight is 190 g/mol. The maximum Gasteiger partial charge on any atom is 0.109 e. The average Bonchev–Trinajstić information content (AvgIpc) is 2.09. The second kappa shape index (κ2) is 4.37. The highest BCUT2D eigenvalue weighted by Gasteiger charge is 2.37. The first kappa shape index (κ1) is 10.9. The Labute approximate surface area is 78.1 Å². The van der Waals surface area contributed by atoms with Crippen molar-refractivity contribution in [1.29, 1.82) is 0 Å². The Bertz CT molecular complexity index is 160. The van der Waals surface area contributed by atoms with Crippen molar-refractivity contribution in [2.75, 3.05) is 6.61 Å². The van der Waals surface area contributed by atoms with E-state index in [1.54, 1.807) is 0 Å². The van der Waals surface area contributed by atoms with Gasteiger partial charge in [0.2, 0.25) is 0 Å². The third kappa shape index (κ3) is 2.40. The minimum atomic E-state index is -0.958. The van der Waals surface area contributed by atoms with E-state index < -0.39 is 18.3 Å². The smallest absolute Gasteiger partial charge is 0.109 e. The molecule has 0 bridgehead atoms. The largest absolute Gasteiger partial charge is 0.394 e. The van der Waals surface area contributed by atoms with Gasteiger partial charge in [0.25, 0.3) is 0 Å². The van der Waals surface area contributed by atoms with Crippen molar-refractivity contribution < 1.29 is 20.1 Å². The van der Waals surface area contributed by atoms with Crippen LogP contribution in [0.5, 0.6) is 0 Å². The summed E-state index contributed by atoms with van der Waals surface area (Å²) in [6, 6.07) is 0. The molecule has 78 valence electrons. The zero-order chi connectivity index (χ0) is 10.0. The first-order valence-corrected chi connectivity index (χ1v) is 4.68. The van der Waals surface area contributed by atoms with Crippen LogP contribution in [0.15, 0.2) is 0 Å². The summed E-state index contributed by atoms with van der Waals surface area (Å²) in [6.45, 7) is 3.73. The quantitative estimate of drug-likeness (QED) is 0.550. The number of rotatable bonds is 2. The molecule has 13 heavy (non-hydrogen) atoms. The van der Waals surface area contributed by atoms with Gasteiger partial charge in [0.05, 0.1) is 18.8 Å². The van der Waals surface area contributed by atoms with Crippen LogP contribution in [0.2, 0.25) is 0 Å². The van der Waals surface area contributed by atoms with Crippen LogP contribution in [-0.4, -0.2) is 46.3 Å². The summed E-state index contributed by atoms with van der Waals surface area (Å²) >= 11 is 0. The van der Waals surface area contributed by atoms with Gasteiger partial charge in [-0.25, -0.2) is 0 Å². The molecule has 4 nitrogen and oxygen atoms in total. The summed E-state index contributed by atoms with van der Waals surface area (Å²) in [5, 5.41) is 27.7. The lowest BCUT2D eigenvalue weighted by Gasteiger charge is -2.38. The molecule has 0 radical (unpaired) electrons. The molecular formula is C9H18O4. The molecule has 3 unspecified atom stereocenters. The highest BCUT2D eigenvalue weighted by Crippen LogP contribution is 2.24. The normalized spacial score (nSPS) is 41.1. The molecule has 1 rings (SSSR count). The molecule has 0 aromatic rings. The van der Waals surface area contributed by atoms with E-state index in [9.17, 15) is 10.2 Å². The zero-order valence-electron chi connectivity index (χ0n) is 8.05. The standard InChI is InChI=1S/C9H18O4/c1-5(2)7-3-6(11)9(12)8(4-10)13-7/h5-12H,3-4H2,1-2H3/t6?,7-,8?,9?/m1/s1. The van der Waals surface area contributed by atoms with Gasteiger partial charge < -0.3 is 20.1 Å². The van der Waals surface area contributed by atoms with Gasteiger partial charge >= 0.3 is 0 Å². The molecular weight excluding hydrogens is 172 g/mol. The van der Waals surface area contributed by atoms with Gasteiger partial charge in [-0.3, -0.25) is 0 Å². The Hall–Kier alpha value is -0.160. The summed E-state index contributed by atoms with van der Waals surface area (Å²) in [6.07, 6.45) is -2.01. The van der Waals surface area contributed by atoms with Gasteiger partial charge in [-0.1, -0.05) is 13.8 Å². The monoisotopic (exact) mass is 190 g/mol. The number of hydrogen-bond acceptors (Lipinski definition) is 4. The lowest BCUT2D eigenvalue weighted by atomic mass is 9.92. The molecule has 1 fully saturated rings. The van der Waals surface area contributed by atoms with Crippen LogP contribution in [0.1, 0.15) is 20.3 Å². The van der Waals surface area contributed by atoms with Crippen LogP contribution in [0.25, 0.3) is 0 Å². The van der Waals surface area contributed by atoms with Crippen LogP contribution < -0.4 is 0 Å². The molecule has 4 heteroatoms. The highest BCUT2D eigenvalue weighted by molar-refractivity contribution is 4.85. The Kier molecular flexibility index (Phi) is 3.67. The molecule has 1 aliphatic heterocycles. The summed E-state index contributed by atoms with van der Waals surface area (Å²) in [7, 11) is 0. The van der Waals surface area contributed by atoms with Gasteiger partial charge in [-0.05, 0) is 5.92 Å². The Morgan fingerprint density at radius 3 is 2.46 bits per heavy atom. The second-order valence-corrected chi connectivity index (χ2v) is 3.93. The molecule has 4 atom stereocenters. The van der Waals surface area contributed by atoms with Crippen molar-refractivity contribution in [1.82, 2.24) is 0 Å². The Morgan fingerprint density at radius 2 is 2.00 bits per heavy atom. The van der Waals surface area contributed by atoms with Gasteiger partial charge in [0.15, 0.2) is 0 Å². The van der Waals surface area contributed by atoms with E-state index in [1.165, 1.54) is 0 Å². The molecule has 0 aromatic heterocycles. The van der Waals surface area contributed by atoms with E-state index in [-0.39, 0.29) is 18.6 Å². The van der Waals surface area contributed by atoms with Crippen LogP contribution in [-0.2, 0) is 4.74 Å². The number of aliphatic hydroxyl groups is 3. The van der Waals surface area contributed by atoms with E-state index in [4.69, 9.17) is 9.84 Å². The number of aliphatic hydroxyl groups excluding tert-OH is 3. The van der Waals surface area contributed by atoms with E-state index in [0.717, 1.165) is 0 Å². The first-order valence-electron chi connectivity index (χ1n) is 4.68. The van der Waals surface area contributed by atoms with Gasteiger partial charge in [-0.15, -0.1) is 0 Å². The topological polar surface area (TPSA) is 69.9 Å². The molecule has 0 aromatic carbocycles. The number of ether oxygens (including phenoxy) is 1. The predicted molar refractivity (Wildman–Crippen MR) is 47.2 cm³/mol. The minimum Gasteiger partial charge on any atom is -0.394 e. The molecule has 1 aliphatic rings. The zero-order valence-corrected chi connectivity index (χ0v) is 8.05. The lowest BCUT2D eigenvalue weighted by Crippen LogP contribution is -2.51. The molecule has 3 N–H and O–H groups in total. The molecule has 0 aliphatic carbocycles. The van der Waals surface area contributed by atoms with Crippen molar-refractivity contribution in [3.63, 3.8) is 0 Å². The first-order chi connectivity index (χ1) is 6.06. The fourth-order valence-corrected chi connectivity index (χ4v) is 1.57. The van der Waals surface area contributed by atoms with Crippen molar-refractivity contribution in [2.45, 2.75) is 44.7 Å². The maximum absolute atomic E-state index is 9.46. The molecule has 0 saturated carbocycles. The van der Waals surface area contributed by atoms with Crippen molar-refractivity contribution in [3.8, 4) is 0 Å². The summed E-state index contributed by atoms with van der Waals surface area (Å²) in [5.74, 6) is 0.288. The molecule has 1 saturated heterocycles. The fourth-order valence-electron chi connectivity index (χ4n) is 1.57. The van der Waals surface area contributed by atoms with Crippen molar-refractivity contribution in [3.05, 3.63) is 0 Å². The second-order valence-electron chi connectivity index (χ2n) is 3.93. The third-order valence-electron chi connectivity index (χ3n) is 2.52. The SMILES string of the molecule is CC(C)[C@H]1CC(O)C(O)C(CO)O1. The fraction of sp³-hybridized carbons (Fsp3) is 1.00. The maximum atomic E-state index is 9.46. The van der Waals surface area contributed by atoms with E-state index in [1.807, 2.05) is 13.8 Å². The van der Waals surface area contributed by atoms with Crippen LogP contribution in [0.4, 0.5) is 0 Å². The summed E-state index contributed by atoms with van der Waals surface area (Å²) < 4.78 is 5.42. The van der Waals surface area contributed by atoms with Crippen LogP contribution in [0, 0.1) is 5.92 Å². The molecule has 0 amide bonds. The number of hydrogen-bond donors (Lipinski definition) is 3. The Balaban J connectivity index is 2.58. The van der Waals surface area contributed by atoms with Gasteiger partial charge in [-0.2, -0.15) is 0 Å². The van der Waals surface area contributed by atoms with Gasteiger partial charge in [0.1, 0.15) is 12.2 Å². The van der Waals surface area contributed by atoms with E-state index >= 15 is 0 Å². The lowest BCUT2D eigenvalue weighted by molar-refractivity contribution is -0.189. The third-order valence-corrected chi connectivity index (χ3v) is 2.52. The predicted octanol–water partition coefficient (Wildman–Crippen LogP) is -0.486. The van der Waals surface area contributed by atoms with Crippen LogP contribution >= 0.6 is 0 Å². The van der Waals surface area contributed by atoms with Gasteiger partial charge in [0, 0.05) is 6.42 Å². The molecule has 0 spiro atoms. The van der Waals surface area contributed by atoms with Crippen molar-refractivity contribution >= 4 is 0 Å². The minimum absolute atomic E-state index is 0.0736. The van der Waals surface area contributed by atoms with E-state index in [0.29, 0.717) is 6.42 Å². The van der Waals surface area contributed by atoms with Crippen molar-refractivity contribution in [2.24, 2.45) is 5.92 Å². The highest BCUT2D eigenvalue weighted by atomic mass is 16.5. The summed E-state index contributed by atoms with van der Waals surface area (Å²) in [5.41, 5.74) is 0. The Morgan fingerprint density at radius 1 is 1.38 bits per heavy atom.